The Bertz CT molecular complexity index is 2570. The number of nitrogens with one attached hydrogen (secondary N) is 4. The Morgan fingerprint density at radius 3 is 1.34 bits per heavy atom. The average Bonchev–Trinajstić information content (AvgIpc) is 3.25. The van der Waals surface area contributed by atoms with E-state index in [9.17, 15) is 28.8 Å². The minimum absolute atomic E-state index is 0.0330. The predicted octanol–water partition coefficient (Wildman–Crippen LogP) is 11.1. The van der Waals surface area contributed by atoms with Crippen LogP contribution in [0.1, 0.15) is 51.3 Å². The molecule has 19 heteroatoms. The lowest BCUT2D eigenvalue weighted by molar-refractivity contribution is -0.127. The maximum absolute atomic E-state index is 13.4. The maximum atomic E-state index is 13.4. The van der Waals surface area contributed by atoms with E-state index in [1.165, 1.54) is 54.6 Å². The van der Waals surface area contributed by atoms with Crippen LogP contribution in [-0.2, 0) is 36.8 Å². The fourth-order valence-corrected chi connectivity index (χ4v) is 6.56. The Hall–Kier alpha value is -6.03. The van der Waals surface area contributed by atoms with Gasteiger partial charge in [-0.3, -0.25) is 28.8 Å². The van der Waals surface area contributed by atoms with Gasteiger partial charge >= 0.3 is 0 Å². The van der Waals surface area contributed by atoms with Gasteiger partial charge < -0.3 is 21.3 Å². The topological polar surface area (TPSA) is 200 Å². The van der Waals surface area contributed by atoms with Gasteiger partial charge in [0.25, 0.3) is 23.6 Å². The molecule has 4 N–H and O–H groups in total. The molecule has 0 aliphatic rings. The van der Waals surface area contributed by atoms with Gasteiger partial charge in [-0.05, 0) is 97.3 Å². The van der Waals surface area contributed by atoms with Crippen LogP contribution in [0.15, 0.2) is 124 Å². The second-order valence-electron chi connectivity index (χ2n) is 13.3. The van der Waals surface area contributed by atoms with Crippen molar-refractivity contribution < 1.29 is 28.8 Å². The molecule has 0 spiro atoms. The van der Waals surface area contributed by atoms with Gasteiger partial charge in [-0.15, -0.1) is 34.8 Å². The predicted molar refractivity (Wildman–Crippen MR) is 242 cm³/mol. The van der Waals surface area contributed by atoms with Gasteiger partial charge in [-0.2, -0.15) is 20.5 Å². The van der Waals surface area contributed by atoms with E-state index in [4.69, 9.17) is 58.0 Å². The van der Waals surface area contributed by atoms with E-state index in [1.54, 1.807) is 48.5 Å². The number of ketones is 2. The molecular formula is C43H35Cl5N8O6. The first-order valence-corrected chi connectivity index (χ1v) is 20.7. The average molecular weight is 937 g/mol. The number of hydrogen-bond donors (Lipinski definition) is 4. The fraction of sp³-hybridized carbons (Fsp3) is 0.163. The van der Waals surface area contributed by atoms with Crippen molar-refractivity contribution >= 4 is 127 Å². The molecule has 0 aliphatic heterocycles. The van der Waals surface area contributed by atoms with Crippen LogP contribution in [0.2, 0.25) is 10.0 Å². The zero-order chi connectivity index (χ0) is 44.9. The summed E-state index contributed by atoms with van der Waals surface area (Å²) in [6.45, 7) is 2.31. The molecule has 0 radical (unpaired) electrons. The number of carbonyl (C=O) groups excluding carboxylic acids is 6. The number of amides is 4. The molecule has 0 fully saturated rings. The van der Waals surface area contributed by atoms with Crippen molar-refractivity contribution in [1.29, 1.82) is 0 Å². The molecule has 2 unspecified atom stereocenters. The van der Waals surface area contributed by atoms with Crippen molar-refractivity contribution in [2.45, 2.75) is 43.6 Å². The van der Waals surface area contributed by atoms with Crippen LogP contribution < -0.4 is 21.3 Å². The first-order valence-electron chi connectivity index (χ1n) is 18.4. The van der Waals surface area contributed by atoms with Crippen LogP contribution in [0.4, 0.5) is 34.1 Å². The summed E-state index contributed by atoms with van der Waals surface area (Å²) in [5.41, 5.74) is 3.69. The Morgan fingerprint density at radius 1 is 0.516 bits per heavy atom. The van der Waals surface area contributed by atoms with Gasteiger partial charge in [0.05, 0.1) is 21.2 Å². The number of halogens is 5. The number of hydrogen-bond acceptors (Lipinski definition) is 10. The highest BCUT2D eigenvalue weighted by Gasteiger charge is 2.26. The van der Waals surface area contributed by atoms with Crippen LogP contribution in [-0.4, -0.2) is 47.3 Å². The highest BCUT2D eigenvalue weighted by molar-refractivity contribution is 6.37. The van der Waals surface area contributed by atoms with Crippen molar-refractivity contribution in [3.63, 3.8) is 0 Å². The van der Waals surface area contributed by atoms with Crippen LogP contribution in [0.25, 0.3) is 0 Å². The monoisotopic (exact) mass is 934 g/mol. The van der Waals surface area contributed by atoms with Crippen molar-refractivity contribution in [1.82, 2.24) is 0 Å². The second-order valence-corrected chi connectivity index (χ2v) is 14.8. The normalized spacial score (nSPS) is 12.1. The van der Waals surface area contributed by atoms with Gasteiger partial charge in [-0.25, -0.2) is 0 Å². The minimum Gasteiger partial charge on any atom is -0.324 e. The summed E-state index contributed by atoms with van der Waals surface area (Å²) in [6, 6.07) is 23.8. The number of nitrogens with zero attached hydrogens (tertiary/aromatic N) is 4. The summed E-state index contributed by atoms with van der Waals surface area (Å²) in [7, 11) is 0. The number of anilines is 4. The molecule has 0 heterocycles. The summed E-state index contributed by atoms with van der Waals surface area (Å²) in [6.07, 6.45) is 0. The molecule has 14 nitrogen and oxygen atoms in total. The molecule has 62 heavy (non-hydrogen) atoms. The third-order valence-electron chi connectivity index (χ3n) is 8.78. The van der Waals surface area contributed by atoms with E-state index < -0.39 is 47.3 Å². The van der Waals surface area contributed by atoms with Crippen LogP contribution >= 0.6 is 58.0 Å². The van der Waals surface area contributed by atoms with Gasteiger partial charge in [0.15, 0.2) is 11.6 Å². The van der Waals surface area contributed by atoms with E-state index in [-0.39, 0.29) is 49.8 Å². The Morgan fingerprint density at radius 2 is 0.935 bits per heavy atom. The SMILES string of the molecule is CC(=O)C(N=Nc1cccc(C(=O)Nc2ccc(CCl)cc2)c1Cl)C(=O)Nc1ccc(NC(=O)C(N=Nc2cccc(C(=O)Nc3ccc(CCl)cc3)c2Cl)C(C)=O)c(CCl)c1. The van der Waals surface area contributed by atoms with Crippen molar-refractivity contribution in [3.8, 4) is 0 Å². The van der Waals surface area contributed by atoms with Gasteiger partial charge in [-0.1, -0.05) is 59.6 Å². The largest absolute Gasteiger partial charge is 0.324 e. The summed E-state index contributed by atoms with van der Waals surface area (Å²) < 4.78 is 0. The van der Waals surface area contributed by atoms with Crippen LogP contribution in [0, 0.1) is 0 Å². The smallest absolute Gasteiger partial charge is 0.258 e. The molecule has 0 saturated heterocycles. The molecule has 0 aliphatic carbocycles. The van der Waals surface area contributed by atoms with Crippen molar-refractivity contribution in [3.05, 3.63) is 141 Å². The van der Waals surface area contributed by atoms with Gasteiger partial charge in [0.2, 0.25) is 12.1 Å². The van der Waals surface area contributed by atoms with Crippen LogP contribution in [0.5, 0.6) is 0 Å². The standard InChI is InChI=1S/C43H35Cl5N8O6/c1-23(57)38(55-53-34-7-3-5-31(36(34)47)40(59)49-28-13-9-25(20-44)10-14-28)42(61)51-30-17-18-33(27(19-30)22-46)52-43(62)39(24(2)58)56-54-35-8-4-6-32(37(35)48)41(60)50-29-15-11-26(21-45)12-16-29/h3-19,38-39H,20-22H2,1-2H3,(H,49,59)(H,50,60)(H,51,61)(H,52,62). The first-order chi connectivity index (χ1) is 29.7. The Balaban J connectivity index is 1.25. The van der Waals surface area contributed by atoms with Gasteiger partial charge in [0.1, 0.15) is 11.4 Å². The number of Topliss-reactive ketones (excluding diaryl/α,β-unsaturated/α-hetero) is 2. The third-order valence-corrected chi connectivity index (χ3v) is 10.5. The first kappa shape index (κ1) is 47.0. The summed E-state index contributed by atoms with van der Waals surface area (Å²) >= 11 is 30.9. The van der Waals surface area contributed by atoms with E-state index >= 15 is 0 Å². The molecule has 0 bridgehead atoms. The Kier molecular flexibility index (Phi) is 16.8. The minimum atomic E-state index is -1.62. The van der Waals surface area contributed by atoms with E-state index in [0.717, 1.165) is 25.0 Å². The molecule has 5 aromatic carbocycles. The highest BCUT2D eigenvalue weighted by atomic mass is 35.5. The molecule has 5 rings (SSSR count). The van der Waals surface area contributed by atoms with E-state index in [2.05, 4.69) is 41.7 Å². The summed E-state index contributed by atoms with van der Waals surface area (Å²) in [5, 5.41) is 26.5. The van der Waals surface area contributed by atoms with E-state index in [0.29, 0.717) is 28.7 Å². The lowest BCUT2D eigenvalue weighted by Gasteiger charge is -2.15. The van der Waals surface area contributed by atoms with Crippen molar-refractivity contribution in [2.24, 2.45) is 20.5 Å². The number of alkyl halides is 3. The third kappa shape index (κ3) is 12.3. The summed E-state index contributed by atoms with van der Waals surface area (Å²) in [5.74, 6) is -3.56. The lowest BCUT2D eigenvalue weighted by Crippen LogP contribution is -2.32. The number of azo groups is 2. The zero-order valence-corrected chi connectivity index (χ0v) is 36.5. The zero-order valence-electron chi connectivity index (χ0n) is 32.7. The highest BCUT2D eigenvalue weighted by Crippen LogP contribution is 2.32. The lowest BCUT2D eigenvalue weighted by atomic mass is 10.1. The molecule has 0 saturated carbocycles. The summed E-state index contributed by atoms with van der Waals surface area (Å²) in [4.78, 5) is 77.8. The molecule has 318 valence electrons. The number of rotatable bonds is 17. The number of benzene rings is 5. The molecular weight excluding hydrogens is 902 g/mol. The molecule has 4 amide bonds. The molecule has 2 atom stereocenters. The van der Waals surface area contributed by atoms with Gasteiger partial charge in [0, 0.05) is 40.4 Å². The Labute approximate surface area is 380 Å². The quantitative estimate of drug-likeness (QED) is 0.0406. The molecule has 0 aromatic heterocycles. The second kappa shape index (κ2) is 22.2. The van der Waals surface area contributed by atoms with Crippen LogP contribution in [0.3, 0.4) is 0 Å². The molecule has 5 aromatic rings. The maximum Gasteiger partial charge on any atom is 0.258 e. The van der Waals surface area contributed by atoms with E-state index in [1.807, 2.05) is 0 Å². The fourth-order valence-electron chi connectivity index (χ4n) is 5.49. The number of carbonyl (C=O) groups is 6. The van der Waals surface area contributed by atoms with Crippen molar-refractivity contribution in [2.75, 3.05) is 21.3 Å².